The van der Waals surface area contributed by atoms with Crippen LogP contribution in [0.1, 0.15) is 25.8 Å². The van der Waals surface area contributed by atoms with Gasteiger partial charge in [-0.2, -0.15) is 0 Å². The molecule has 1 aromatic rings. The van der Waals surface area contributed by atoms with Gasteiger partial charge in [0.2, 0.25) is 0 Å². The van der Waals surface area contributed by atoms with E-state index in [1.807, 2.05) is 19.1 Å². The van der Waals surface area contributed by atoms with Crippen LogP contribution in [-0.2, 0) is 9.59 Å². The molecule has 0 radical (unpaired) electrons. The van der Waals surface area contributed by atoms with Crippen LogP contribution in [0.25, 0.3) is 5.57 Å². The van der Waals surface area contributed by atoms with E-state index in [4.69, 9.17) is 11.6 Å². The molecule has 1 fully saturated rings. The van der Waals surface area contributed by atoms with E-state index in [1.165, 1.54) is 4.90 Å². The first-order valence-corrected chi connectivity index (χ1v) is 9.28. The Balaban J connectivity index is 1.99. The number of hydrogen-bond acceptors (Lipinski definition) is 4. The molecular weight excluding hydrogens is 338 g/mol. The molecule has 134 valence electrons. The molecule has 0 spiro atoms. The summed E-state index contributed by atoms with van der Waals surface area (Å²) in [5.41, 5.74) is 1.82. The van der Waals surface area contributed by atoms with Gasteiger partial charge < -0.3 is 9.80 Å². The van der Waals surface area contributed by atoms with Crippen LogP contribution in [0.2, 0.25) is 5.02 Å². The summed E-state index contributed by atoms with van der Waals surface area (Å²) in [5, 5.41) is 0.615. The summed E-state index contributed by atoms with van der Waals surface area (Å²) in [7, 11) is 0. The van der Waals surface area contributed by atoms with Crippen molar-refractivity contribution < 1.29 is 9.59 Å². The number of hydrogen-bond donors (Lipinski definition) is 0. The molecule has 0 bridgehead atoms. The third-order valence-electron chi connectivity index (χ3n) is 4.86. The number of amides is 2. The smallest absolute Gasteiger partial charge is 0.277 e. The van der Waals surface area contributed by atoms with Crippen LogP contribution in [0.3, 0.4) is 0 Å². The lowest BCUT2D eigenvalue weighted by Gasteiger charge is -2.36. The quantitative estimate of drug-likeness (QED) is 0.756. The van der Waals surface area contributed by atoms with E-state index in [0.717, 1.165) is 44.7 Å². The second-order valence-corrected chi connectivity index (χ2v) is 6.85. The first-order chi connectivity index (χ1) is 12.1. The normalized spacial score (nSPS) is 19.3. The summed E-state index contributed by atoms with van der Waals surface area (Å²) in [5.74, 6) is -0.358. The van der Waals surface area contributed by atoms with Gasteiger partial charge >= 0.3 is 0 Å². The standard InChI is InChI=1S/C19H24ClN3O2/c1-3-9-23-18(24)16(14-5-7-15(20)8-6-14)17(19(23)25)22-12-10-21(4-2)11-13-22/h5-8H,3-4,9-13H2,1-2H3. The first-order valence-electron chi connectivity index (χ1n) is 8.90. The number of benzene rings is 1. The number of carbonyl (C=O) groups is 2. The zero-order valence-corrected chi connectivity index (χ0v) is 15.6. The maximum absolute atomic E-state index is 13.0. The Kier molecular flexibility index (Phi) is 5.45. The second kappa shape index (κ2) is 7.58. The molecule has 5 nitrogen and oxygen atoms in total. The molecule has 1 saturated heterocycles. The van der Waals surface area contributed by atoms with Crippen molar-refractivity contribution in [2.45, 2.75) is 20.3 Å². The predicted molar refractivity (Wildman–Crippen MR) is 99.1 cm³/mol. The number of carbonyl (C=O) groups excluding carboxylic acids is 2. The number of likely N-dealkylation sites (N-methyl/N-ethyl adjacent to an activating group) is 1. The van der Waals surface area contributed by atoms with Gasteiger partial charge in [0.05, 0.1) is 5.57 Å². The Labute approximate surface area is 153 Å². The molecule has 2 aliphatic rings. The van der Waals surface area contributed by atoms with Crippen molar-refractivity contribution in [1.29, 1.82) is 0 Å². The predicted octanol–water partition coefficient (Wildman–Crippen LogP) is 2.47. The highest BCUT2D eigenvalue weighted by Gasteiger charge is 2.41. The monoisotopic (exact) mass is 361 g/mol. The van der Waals surface area contributed by atoms with E-state index in [-0.39, 0.29) is 11.8 Å². The van der Waals surface area contributed by atoms with Gasteiger partial charge in [-0.15, -0.1) is 0 Å². The molecule has 2 heterocycles. The molecule has 6 heteroatoms. The summed E-state index contributed by atoms with van der Waals surface area (Å²) in [6.45, 7) is 8.91. The van der Waals surface area contributed by atoms with Crippen LogP contribution in [-0.4, -0.2) is 65.8 Å². The fraction of sp³-hybridized carbons (Fsp3) is 0.474. The molecule has 2 aliphatic heterocycles. The number of piperazine rings is 1. The van der Waals surface area contributed by atoms with E-state index in [2.05, 4.69) is 16.7 Å². The highest BCUT2D eigenvalue weighted by Crippen LogP contribution is 2.32. The van der Waals surface area contributed by atoms with Gasteiger partial charge in [0.25, 0.3) is 11.8 Å². The van der Waals surface area contributed by atoms with Crippen LogP contribution < -0.4 is 0 Å². The Hall–Kier alpha value is -1.85. The summed E-state index contributed by atoms with van der Waals surface area (Å²) in [6.07, 6.45) is 0.752. The van der Waals surface area contributed by atoms with Crippen LogP contribution in [0.4, 0.5) is 0 Å². The molecule has 2 amide bonds. The number of nitrogens with zero attached hydrogens (tertiary/aromatic N) is 3. The Morgan fingerprint density at radius 3 is 2.16 bits per heavy atom. The van der Waals surface area contributed by atoms with Crippen molar-refractivity contribution in [2.24, 2.45) is 0 Å². The van der Waals surface area contributed by atoms with Crippen molar-refractivity contribution in [2.75, 3.05) is 39.3 Å². The molecular formula is C19H24ClN3O2. The summed E-state index contributed by atoms with van der Waals surface area (Å²) < 4.78 is 0. The topological polar surface area (TPSA) is 43.9 Å². The highest BCUT2D eigenvalue weighted by atomic mass is 35.5. The van der Waals surface area contributed by atoms with Crippen molar-refractivity contribution in [1.82, 2.24) is 14.7 Å². The molecule has 25 heavy (non-hydrogen) atoms. The van der Waals surface area contributed by atoms with E-state index in [9.17, 15) is 9.59 Å². The molecule has 1 aromatic carbocycles. The van der Waals surface area contributed by atoms with Gasteiger partial charge in [-0.05, 0) is 30.7 Å². The maximum Gasteiger partial charge on any atom is 0.277 e. The van der Waals surface area contributed by atoms with Crippen molar-refractivity contribution in [3.63, 3.8) is 0 Å². The lowest BCUT2D eigenvalue weighted by Crippen LogP contribution is -2.47. The van der Waals surface area contributed by atoms with Crippen LogP contribution >= 0.6 is 11.6 Å². The molecule has 0 unspecified atom stereocenters. The number of imide groups is 1. The van der Waals surface area contributed by atoms with Crippen LogP contribution in [0.15, 0.2) is 30.0 Å². The van der Waals surface area contributed by atoms with Gasteiger partial charge in [-0.1, -0.05) is 37.6 Å². The molecule has 3 rings (SSSR count). The summed E-state index contributed by atoms with van der Waals surface area (Å²) in [4.78, 5) is 31.7. The minimum absolute atomic E-state index is 0.165. The lowest BCUT2D eigenvalue weighted by molar-refractivity contribution is -0.137. The van der Waals surface area contributed by atoms with Crippen molar-refractivity contribution >= 4 is 29.0 Å². The first kappa shape index (κ1) is 18.0. The Morgan fingerprint density at radius 1 is 0.960 bits per heavy atom. The average molecular weight is 362 g/mol. The molecule has 0 aliphatic carbocycles. The number of rotatable bonds is 5. The number of halogens is 1. The molecule has 0 aromatic heterocycles. The molecule has 0 N–H and O–H groups in total. The third-order valence-corrected chi connectivity index (χ3v) is 5.11. The fourth-order valence-corrected chi connectivity index (χ4v) is 3.57. The van der Waals surface area contributed by atoms with Gasteiger partial charge in [0.1, 0.15) is 5.70 Å². The van der Waals surface area contributed by atoms with Crippen molar-refractivity contribution in [3.8, 4) is 0 Å². The Bertz CT molecular complexity index is 691. The van der Waals surface area contributed by atoms with Gasteiger partial charge in [0, 0.05) is 37.7 Å². The lowest BCUT2D eigenvalue weighted by atomic mass is 10.0. The van der Waals surface area contributed by atoms with E-state index in [0.29, 0.717) is 22.8 Å². The largest absolute Gasteiger partial charge is 0.364 e. The SMILES string of the molecule is CCCN1C(=O)C(c2ccc(Cl)cc2)=C(N2CCN(CC)CC2)C1=O. The maximum atomic E-state index is 13.0. The van der Waals surface area contributed by atoms with Gasteiger partial charge in [-0.3, -0.25) is 14.5 Å². The minimum Gasteiger partial charge on any atom is -0.364 e. The highest BCUT2D eigenvalue weighted by molar-refractivity contribution is 6.36. The average Bonchev–Trinajstić information content (AvgIpc) is 2.87. The van der Waals surface area contributed by atoms with Crippen LogP contribution in [0.5, 0.6) is 0 Å². The van der Waals surface area contributed by atoms with E-state index >= 15 is 0 Å². The summed E-state index contributed by atoms with van der Waals surface area (Å²) in [6, 6.07) is 7.16. The van der Waals surface area contributed by atoms with E-state index in [1.54, 1.807) is 12.1 Å². The zero-order chi connectivity index (χ0) is 18.0. The molecule has 0 saturated carbocycles. The Morgan fingerprint density at radius 2 is 1.60 bits per heavy atom. The zero-order valence-electron chi connectivity index (χ0n) is 14.8. The molecule has 0 atom stereocenters. The van der Waals surface area contributed by atoms with Crippen LogP contribution in [0, 0.1) is 0 Å². The third kappa shape index (κ3) is 3.44. The second-order valence-electron chi connectivity index (χ2n) is 6.41. The van der Waals surface area contributed by atoms with Gasteiger partial charge in [0.15, 0.2) is 0 Å². The van der Waals surface area contributed by atoms with Crippen molar-refractivity contribution in [3.05, 3.63) is 40.5 Å². The van der Waals surface area contributed by atoms with Gasteiger partial charge in [-0.25, -0.2) is 0 Å². The van der Waals surface area contributed by atoms with E-state index < -0.39 is 0 Å². The fourth-order valence-electron chi connectivity index (χ4n) is 3.45. The minimum atomic E-state index is -0.193. The summed E-state index contributed by atoms with van der Waals surface area (Å²) >= 11 is 5.98.